The second-order valence-electron chi connectivity index (χ2n) is 6.07. The predicted octanol–water partition coefficient (Wildman–Crippen LogP) is 4.72. The molecule has 3 nitrogen and oxygen atoms in total. The summed E-state index contributed by atoms with van der Waals surface area (Å²) in [5.74, 6) is 0.0855. The van der Waals surface area contributed by atoms with Gasteiger partial charge in [0, 0.05) is 34.2 Å². The highest BCUT2D eigenvalue weighted by molar-refractivity contribution is 6.31. The van der Waals surface area contributed by atoms with E-state index in [0.717, 1.165) is 28.2 Å². The van der Waals surface area contributed by atoms with E-state index in [2.05, 4.69) is 9.88 Å². The molecule has 0 bridgehead atoms. The minimum atomic E-state index is 0.0855. The Balaban J connectivity index is 1.72. The molecule has 0 fully saturated rings. The first kappa shape index (κ1) is 17.5. The van der Waals surface area contributed by atoms with Crippen molar-refractivity contribution in [3.63, 3.8) is 0 Å². The zero-order chi connectivity index (χ0) is 17.8. The summed E-state index contributed by atoms with van der Waals surface area (Å²) in [6, 6.07) is 19.7. The largest absolute Gasteiger partial charge is 0.318 e. The van der Waals surface area contributed by atoms with Gasteiger partial charge in [0.05, 0.1) is 6.54 Å². The lowest BCUT2D eigenvalue weighted by atomic mass is 10.1. The Morgan fingerprint density at radius 1 is 1.04 bits per heavy atom. The zero-order valence-corrected chi connectivity index (χ0v) is 15.2. The van der Waals surface area contributed by atoms with E-state index in [1.165, 1.54) is 0 Å². The predicted molar refractivity (Wildman–Crippen MR) is 103 cm³/mol. The standard InChI is InChI=1S/C21H21ClN2O/c1-15-12-19(16(2)24(15)18-9-4-3-5-10-18)21(25)14-23-13-17-8-6-7-11-20(17)22/h3-12,23H,13-14H2,1-2H3. The number of benzene rings is 2. The van der Waals surface area contributed by atoms with Crippen LogP contribution in [0.4, 0.5) is 0 Å². The quantitative estimate of drug-likeness (QED) is 0.651. The van der Waals surface area contributed by atoms with E-state index >= 15 is 0 Å². The molecule has 0 saturated carbocycles. The maximum atomic E-state index is 12.6. The highest BCUT2D eigenvalue weighted by atomic mass is 35.5. The van der Waals surface area contributed by atoms with E-state index in [4.69, 9.17) is 11.6 Å². The Morgan fingerprint density at radius 2 is 1.72 bits per heavy atom. The highest BCUT2D eigenvalue weighted by Gasteiger charge is 2.16. The van der Waals surface area contributed by atoms with Crippen LogP contribution in [-0.4, -0.2) is 16.9 Å². The molecule has 4 heteroatoms. The summed E-state index contributed by atoms with van der Waals surface area (Å²) in [5, 5.41) is 3.91. The van der Waals surface area contributed by atoms with Crippen LogP contribution >= 0.6 is 11.6 Å². The summed E-state index contributed by atoms with van der Waals surface area (Å²) >= 11 is 6.15. The van der Waals surface area contributed by atoms with Gasteiger partial charge in [-0.3, -0.25) is 4.79 Å². The van der Waals surface area contributed by atoms with Crippen LogP contribution in [0.5, 0.6) is 0 Å². The van der Waals surface area contributed by atoms with Crippen molar-refractivity contribution in [3.8, 4) is 5.69 Å². The second kappa shape index (κ2) is 7.68. The number of ketones is 1. The van der Waals surface area contributed by atoms with Crippen molar-refractivity contribution in [2.24, 2.45) is 0 Å². The van der Waals surface area contributed by atoms with E-state index in [9.17, 15) is 4.79 Å². The molecular weight excluding hydrogens is 332 g/mol. The van der Waals surface area contributed by atoms with E-state index in [1.54, 1.807) is 0 Å². The molecule has 1 N–H and O–H groups in total. The van der Waals surface area contributed by atoms with Crippen LogP contribution in [0, 0.1) is 13.8 Å². The maximum absolute atomic E-state index is 12.6. The van der Waals surface area contributed by atoms with Gasteiger partial charge in [-0.2, -0.15) is 0 Å². The zero-order valence-electron chi connectivity index (χ0n) is 14.4. The third-order valence-corrected chi connectivity index (χ3v) is 4.67. The number of carbonyl (C=O) groups excluding carboxylic acids is 1. The molecule has 0 atom stereocenters. The molecule has 0 saturated heterocycles. The van der Waals surface area contributed by atoms with Crippen LogP contribution in [0.15, 0.2) is 60.7 Å². The van der Waals surface area contributed by atoms with Gasteiger partial charge in [0.15, 0.2) is 5.78 Å². The van der Waals surface area contributed by atoms with Crippen LogP contribution in [0.1, 0.15) is 27.3 Å². The Hall–Kier alpha value is -2.36. The van der Waals surface area contributed by atoms with E-state index in [0.29, 0.717) is 11.6 Å². The number of hydrogen-bond donors (Lipinski definition) is 1. The molecule has 1 heterocycles. The van der Waals surface area contributed by atoms with E-state index < -0.39 is 0 Å². The summed E-state index contributed by atoms with van der Waals surface area (Å²) in [6.07, 6.45) is 0. The van der Waals surface area contributed by atoms with Crippen LogP contribution in [0.3, 0.4) is 0 Å². The van der Waals surface area contributed by atoms with Gasteiger partial charge in [0.1, 0.15) is 0 Å². The Bertz CT molecular complexity index is 884. The molecule has 0 unspecified atom stereocenters. The van der Waals surface area contributed by atoms with Crippen LogP contribution in [-0.2, 0) is 6.54 Å². The number of aryl methyl sites for hydroxylation is 1. The van der Waals surface area contributed by atoms with Crippen molar-refractivity contribution < 1.29 is 4.79 Å². The average Bonchev–Trinajstić information content (AvgIpc) is 2.92. The lowest BCUT2D eigenvalue weighted by molar-refractivity contribution is 0.0990. The molecule has 2 aromatic carbocycles. The first-order valence-electron chi connectivity index (χ1n) is 8.29. The van der Waals surface area contributed by atoms with Gasteiger partial charge >= 0.3 is 0 Å². The number of nitrogens with one attached hydrogen (secondary N) is 1. The summed E-state index contributed by atoms with van der Waals surface area (Å²) in [5.41, 5.74) is 4.84. The van der Waals surface area contributed by atoms with Crippen molar-refractivity contribution in [3.05, 3.63) is 88.2 Å². The SMILES string of the molecule is Cc1cc(C(=O)CNCc2ccccc2Cl)c(C)n1-c1ccccc1. The van der Waals surface area contributed by atoms with Gasteiger partial charge in [0.2, 0.25) is 0 Å². The van der Waals surface area contributed by atoms with E-state index in [-0.39, 0.29) is 12.3 Å². The molecule has 0 aliphatic carbocycles. The summed E-state index contributed by atoms with van der Waals surface area (Å²) < 4.78 is 2.11. The number of carbonyl (C=O) groups is 1. The molecule has 25 heavy (non-hydrogen) atoms. The smallest absolute Gasteiger partial charge is 0.178 e. The molecule has 0 aliphatic rings. The fraction of sp³-hybridized carbons (Fsp3) is 0.190. The molecule has 3 aromatic rings. The molecule has 3 rings (SSSR count). The topological polar surface area (TPSA) is 34.0 Å². The summed E-state index contributed by atoms with van der Waals surface area (Å²) in [7, 11) is 0. The monoisotopic (exact) mass is 352 g/mol. The minimum Gasteiger partial charge on any atom is -0.318 e. The molecule has 0 radical (unpaired) electrons. The van der Waals surface area contributed by atoms with Crippen LogP contribution < -0.4 is 5.32 Å². The second-order valence-corrected chi connectivity index (χ2v) is 6.48. The van der Waals surface area contributed by atoms with Crippen LogP contribution in [0.2, 0.25) is 5.02 Å². The summed E-state index contributed by atoms with van der Waals surface area (Å²) in [6.45, 7) is 4.86. The van der Waals surface area contributed by atoms with Gasteiger partial charge in [-0.1, -0.05) is 48.0 Å². The Labute approximate surface area is 153 Å². The number of halogens is 1. The van der Waals surface area contributed by atoms with Gasteiger partial charge < -0.3 is 9.88 Å². The fourth-order valence-corrected chi connectivity index (χ4v) is 3.27. The minimum absolute atomic E-state index is 0.0855. The molecule has 1 aromatic heterocycles. The number of aromatic nitrogens is 1. The Morgan fingerprint density at radius 3 is 2.44 bits per heavy atom. The first-order valence-corrected chi connectivity index (χ1v) is 8.67. The van der Waals surface area contributed by atoms with Crippen molar-refractivity contribution in [1.29, 1.82) is 0 Å². The van der Waals surface area contributed by atoms with Crippen molar-refractivity contribution in [2.45, 2.75) is 20.4 Å². The van der Waals surface area contributed by atoms with Crippen molar-refractivity contribution >= 4 is 17.4 Å². The summed E-state index contributed by atoms with van der Waals surface area (Å²) in [4.78, 5) is 12.6. The van der Waals surface area contributed by atoms with Gasteiger partial charge in [-0.05, 0) is 43.7 Å². The average molecular weight is 353 g/mol. The van der Waals surface area contributed by atoms with Crippen molar-refractivity contribution in [2.75, 3.05) is 6.54 Å². The third-order valence-electron chi connectivity index (χ3n) is 4.30. The molecular formula is C21H21ClN2O. The number of nitrogens with zero attached hydrogens (tertiary/aromatic N) is 1. The van der Waals surface area contributed by atoms with Gasteiger partial charge in [0.25, 0.3) is 0 Å². The van der Waals surface area contributed by atoms with Crippen LogP contribution in [0.25, 0.3) is 5.69 Å². The number of hydrogen-bond acceptors (Lipinski definition) is 2. The molecule has 0 aliphatic heterocycles. The normalized spacial score (nSPS) is 10.8. The lowest BCUT2D eigenvalue weighted by Crippen LogP contribution is -2.23. The first-order chi connectivity index (χ1) is 12.1. The van der Waals surface area contributed by atoms with Gasteiger partial charge in [-0.25, -0.2) is 0 Å². The fourth-order valence-electron chi connectivity index (χ4n) is 3.07. The number of Topliss-reactive ketones (excluding diaryl/α,β-unsaturated/α-hetero) is 1. The number of para-hydroxylation sites is 1. The van der Waals surface area contributed by atoms with Gasteiger partial charge in [-0.15, -0.1) is 0 Å². The molecule has 128 valence electrons. The third kappa shape index (κ3) is 3.84. The maximum Gasteiger partial charge on any atom is 0.178 e. The Kier molecular flexibility index (Phi) is 5.37. The highest BCUT2D eigenvalue weighted by Crippen LogP contribution is 2.21. The lowest BCUT2D eigenvalue weighted by Gasteiger charge is -2.10. The van der Waals surface area contributed by atoms with Crippen molar-refractivity contribution in [1.82, 2.24) is 9.88 Å². The molecule has 0 spiro atoms. The van der Waals surface area contributed by atoms with E-state index in [1.807, 2.05) is 74.5 Å². The molecule has 0 amide bonds. The number of rotatable bonds is 6.